The van der Waals surface area contributed by atoms with Gasteiger partial charge in [0.15, 0.2) is 0 Å². The lowest BCUT2D eigenvalue weighted by atomic mass is 10.3. The van der Waals surface area contributed by atoms with Crippen LogP contribution in [0.3, 0.4) is 0 Å². The van der Waals surface area contributed by atoms with Crippen molar-refractivity contribution >= 4 is 21.6 Å². The molecule has 1 amide bonds. The number of anilines is 1. The topological polar surface area (TPSA) is 101 Å². The summed E-state index contributed by atoms with van der Waals surface area (Å²) in [4.78, 5) is 10.9. The van der Waals surface area contributed by atoms with Gasteiger partial charge in [-0.15, -0.1) is 0 Å². The summed E-state index contributed by atoms with van der Waals surface area (Å²) in [6, 6.07) is 6.05. The van der Waals surface area contributed by atoms with E-state index in [2.05, 4.69) is 10.0 Å². The van der Waals surface area contributed by atoms with Gasteiger partial charge < -0.3 is 11.1 Å². The number of para-hydroxylation sites is 1. The molecule has 16 heavy (non-hydrogen) atoms. The molecule has 1 aromatic carbocycles. The summed E-state index contributed by atoms with van der Waals surface area (Å²) in [6.07, 6.45) is 0. The standard InChI is InChI=1S/C9H13N3O3S/c1-11-9(13)6-12-16(14,15)8-5-3-2-4-7(8)10/h2-5,12H,6,10H2,1H3,(H,11,13). The second-order valence-corrected chi connectivity index (χ2v) is 4.77. The van der Waals surface area contributed by atoms with Gasteiger partial charge in [0.2, 0.25) is 15.9 Å². The van der Waals surface area contributed by atoms with Crippen molar-refractivity contribution in [3.63, 3.8) is 0 Å². The van der Waals surface area contributed by atoms with Gasteiger partial charge in [-0.3, -0.25) is 4.79 Å². The lowest BCUT2D eigenvalue weighted by Gasteiger charge is -2.07. The first kappa shape index (κ1) is 12.5. The van der Waals surface area contributed by atoms with E-state index in [9.17, 15) is 13.2 Å². The largest absolute Gasteiger partial charge is 0.398 e. The molecule has 88 valence electrons. The number of nitrogen functional groups attached to an aromatic ring is 1. The van der Waals surface area contributed by atoms with E-state index in [1.165, 1.54) is 19.2 Å². The van der Waals surface area contributed by atoms with E-state index < -0.39 is 15.9 Å². The van der Waals surface area contributed by atoms with Gasteiger partial charge >= 0.3 is 0 Å². The summed E-state index contributed by atoms with van der Waals surface area (Å²) >= 11 is 0. The first-order chi connectivity index (χ1) is 7.47. The maximum absolute atomic E-state index is 11.7. The Labute approximate surface area is 93.9 Å². The normalized spacial score (nSPS) is 11.1. The summed E-state index contributed by atoms with van der Waals surface area (Å²) in [5, 5.41) is 2.31. The summed E-state index contributed by atoms with van der Waals surface area (Å²) in [7, 11) is -2.31. The molecular weight excluding hydrogens is 230 g/mol. The molecule has 0 aliphatic rings. The predicted octanol–water partition coefficient (Wildman–Crippen LogP) is -0.707. The zero-order valence-corrected chi connectivity index (χ0v) is 9.54. The molecule has 0 aliphatic carbocycles. The predicted molar refractivity (Wildman–Crippen MR) is 60.1 cm³/mol. The molecule has 0 unspecified atom stereocenters. The van der Waals surface area contributed by atoms with Crippen molar-refractivity contribution in [3.05, 3.63) is 24.3 Å². The van der Waals surface area contributed by atoms with Crippen LogP contribution in [0.1, 0.15) is 0 Å². The molecule has 0 heterocycles. The maximum Gasteiger partial charge on any atom is 0.243 e. The Morgan fingerprint density at radius 2 is 2.00 bits per heavy atom. The van der Waals surface area contributed by atoms with E-state index in [4.69, 9.17) is 5.73 Å². The van der Waals surface area contributed by atoms with Crippen LogP contribution in [0.15, 0.2) is 29.2 Å². The fourth-order valence-corrected chi connectivity index (χ4v) is 2.16. The molecule has 0 spiro atoms. The van der Waals surface area contributed by atoms with Gasteiger partial charge in [0, 0.05) is 7.05 Å². The quantitative estimate of drug-likeness (QED) is 0.608. The third-order valence-corrected chi connectivity index (χ3v) is 3.39. The van der Waals surface area contributed by atoms with Crippen LogP contribution in [0.4, 0.5) is 5.69 Å². The number of benzene rings is 1. The number of carbonyl (C=O) groups excluding carboxylic acids is 1. The van der Waals surface area contributed by atoms with E-state index in [-0.39, 0.29) is 17.1 Å². The van der Waals surface area contributed by atoms with Crippen molar-refractivity contribution in [3.8, 4) is 0 Å². The number of nitrogens with two attached hydrogens (primary N) is 1. The molecule has 0 saturated heterocycles. The molecule has 0 aliphatic heterocycles. The monoisotopic (exact) mass is 243 g/mol. The molecule has 0 atom stereocenters. The van der Waals surface area contributed by atoms with Gasteiger partial charge in [-0.2, -0.15) is 0 Å². The molecule has 4 N–H and O–H groups in total. The highest BCUT2D eigenvalue weighted by Gasteiger charge is 2.17. The van der Waals surface area contributed by atoms with E-state index in [1.807, 2.05) is 0 Å². The van der Waals surface area contributed by atoms with E-state index in [0.717, 1.165) is 0 Å². The Morgan fingerprint density at radius 1 is 1.38 bits per heavy atom. The van der Waals surface area contributed by atoms with Gasteiger partial charge in [-0.25, -0.2) is 13.1 Å². The first-order valence-electron chi connectivity index (χ1n) is 4.52. The zero-order valence-electron chi connectivity index (χ0n) is 8.73. The highest BCUT2D eigenvalue weighted by Crippen LogP contribution is 2.16. The molecule has 7 heteroatoms. The Balaban J connectivity index is 2.87. The fourth-order valence-electron chi connectivity index (χ4n) is 1.05. The van der Waals surface area contributed by atoms with Gasteiger partial charge in [-0.05, 0) is 12.1 Å². The van der Waals surface area contributed by atoms with Crippen LogP contribution < -0.4 is 15.8 Å². The summed E-state index contributed by atoms with van der Waals surface area (Å²) < 4.78 is 25.6. The second-order valence-electron chi connectivity index (χ2n) is 3.04. The molecule has 0 radical (unpaired) electrons. The first-order valence-corrected chi connectivity index (χ1v) is 6.00. The van der Waals surface area contributed by atoms with Crippen molar-refractivity contribution in [1.29, 1.82) is 0 Å². The minimum Gasteiger partial charge on any atom is -0.398 e. The van der Waals surface area contributed by atoms with Crippen LogP contribution in [0.25, 0.3) is 0 Å². The third-order valence-electron chi connectivity index (χ3n) is 1.91. The van der Waals surface area contributed by atoms with Crippen molar-refractivity contribution in [2.24, 2.45) is 0 Å². The minimum atomic E-state index is -3.73. The molecule has 0 bridgehead atoms. The number of rotatable bonds is 4. The van der Waals surface area contributed by atoms with Crippen molar-refractivity contribution < 1.29 is 13.2 Å². The summed E-state index contributed by atoms with van der Waals surface area (Å²) in [6.45, 7) is -0.312. The highest BCUT2D eigenvalue weighted by atomic mass is 32.2. The van der Waals surface area contributed by atoms with Crippen molar-refractivity contribution in [1.82, 2.24) is 10.0 Å². The second kappa shape index (κ2) is 4.95. The third kappa shape index (κ3) is 2.94. The fraction of sp³-hybridized carbons (Fsp3) is 0.222. The number of likely N-dealkylation sites (N-methyl/N-ethyl adjacent to an activating group) is 1. The molecular formula is C9H13N3O3S. The molecule has 0 fully saturated rings. The Morgan fingerprint density at radius 3 is 2.56 bits per heavy atom. The summed E-state index contributed by atoms with van der Waals surface area (Å²) in [5.41, 5.74) is 5.67. The van der Waals surface area contributed by atoms with Gasteiger partial charge in [0.1, 0.15) is 4.90 Å². The maximum atomic E-state index is 11.7. The van der Waals surface area contributed by atoms with Crippen molar-refractivity contribution in [2.45, 2.75) is 4.90 Å². The SMILES string of the molecule is CNC(=O)CNS(=O)(=O)c1ccccc1N. The highest BCUT2D eigenvalue weighted by molar-refractivity contribution is 7.89. The van der Waals surface area contributed by atoms with Gasteiger partial charge in [-0.1, -0.05) is 12.1 Å². The van der Waals surface area contributed by atoms with Gasteiger partial charge in [0.25, 0.3) is 0 Å². The number of hydrogen-bond acceptors (Lipinski definition) is 4. The smallest absolute Gasteiger partial charge is 0.243 e. The molecule has 1 rings (SSSR count). The molecule has 1 aromatic rings. The lowest BCUT2D eigenvalue weighted by Crippen LogP contribution is -2.35. The van der Waals surface area contributed by atoms with E-state index in [0.29, 0.717) is 0 Å². The Bertz CT molecular complexity index is 485. The average Bonchev–Trinajstić information content (AvgIpc) is 2.26. The number of carbonyl (C=O) groups is 1. The van der Waals surface area contributed by atoms with Gasteiger partial charge in [0.05, 0.1) is 12.2 Å². The molecule has 0 aromatic heterocycles. The molecule has 6 nitrogen and oxygen atoms in total. The lowest BCUT2D eigenvalue weighted by molar-refractivity contribution is -0.119. The average molecular weight is 243 g/mol. The number of nitrogens with one attached hydrogen (secondary N) is 2. The molecule has 0 saturated carbocycles. The van der Waals surface area contributed by atoms with Crippen LogP contribution in [0.5, 0.6) is 0 Å². The van der Waals surface area contributed by atoms with Crippen LogP contribution in [-0.2, 0) is 14.8 Å². The minimum absolute atomic E-state index is 0.0288. The van der Waals surface area contributed by atoms with Crippen LogP contribution >= 0.6 is 0 Å². The van der Waals surface area contributed by atoms with Crippen LogP contribution in [-0.4, -0.2) is 27.9 Å². The van der Waals surface area contributed by atoms with E-state index in [1.54, 1.807) is 12.1 Å². The number of hydrogen-bond donors (Lipinski definition) is 3. The van der Waals surface area contributed by atoms with Crippen LogP contribution in [0, 0.1) is 0 Å². The zero-order chi connectivity index (χ0) is 12.2. The Kier molecular flexibility index (Phi) is 3.86. The number of sulfonamides is 1. The Hall–Kier alpha value is -1.60. The summed E-state index contributed by atoms with van der Waals surface area (Å²) in [5.74, 6) is -0.418. The number of amides is 1. The van der Waals surface area contributed by atoms with Crippen LogP contribution in [0.2, 0.25) is 0 Å². The van der Waals surface area contributed by atoms with Crippen molar-refractivity contribution in [2.75, 3.05) is 19.3 Å². The van der Waals surface area contributed by atoms with E-state index >= 15 is 0 Å².